The van der Waals surface area contributed by atoms with Crippen LogP contribution in [0.4, 0.5) is 13.2 Å². The smallest absolute Gasteiger partial charge is 0.317 e. The van der Waals surface area contributed by atoms with Crippen molar-refractivity contribution in [1.29, 1.82) is 0 Å². The lowest BCUT2D eigenvalue weighted by Gasteiger charge is -2.12. The summed E-state index contributed by atoms with van der Waals surface area (Å²) in [7, 11) is 1.84. The Morgan fingerprint density at radius 3 is 2.44 bits per heavy atom. The summed E-state index contributed by atoms with van der Waals surface area (Å²) < 4.78 is 36.6. The molecule has 0 aromatic heterocycles. The first kappa shape index (κ1) is 13.0. The molecule has 0 aliphatic carbocycles. The lowest BCUT2D eigenvalue weighted by atomic mass is 10.0. The van der Waals surface area contributed by atoms with Crippen molar-refractivity contribution >= 4 is 0 Å². The second kappa shape index (κ2) is 5.34. The first-order valence-electron chi connectivity index (χ1n) is 5.22. The van der Waals surface area contributed by atoms with Gasteiger partial charge in [0.2, 0.25) is 0 Å². The van der Waals surface area contributed by atoms with Crippen molar-refractivity contribution in [2.75, 3.05) is 7.05 Å². The van der Waals surface area contributed by atoms with Gasteiger partial charge in [-0.2, -0.15) is 13.2 Å². The van der Waals surface area contributed by atoms with E-state index >= 15 is 0 Å². The summed E-state index contributed by atoms with van der Waals surface area (Å²) in [5.41, 5.74) is 1.26. The third-order valence-corrected chi connectivity index (χ3v) is 2.43. The maximum absolute atomic E-state index is 12.2. The molecule has 0 fully saturated rings. The second-order valence-electron chi connectivity index (χ2n) is 4.01. The van der Waals surface area contributed by atoms with Crippen LogP contribution in [-0.2, 0) is 12.8 Å². The van der Waals surface area contributed by atoms with E-state index in [0.717, 1.165) is 12.0 Å². The molecule has 90 valence electrons. The summed E-state index contributed by atoms with van der Waals surface area (Å²) >= 11 is 0. The Morgan fingerprint density at radius 1 is 1.25 bits per heavy atom. The van der Waals surface area contributed by atoms with E-state index in [1.807, 2.05) is 20.0 Å². The fraction of sp³-hybridized carbons (Fsp3) is 0.500. The third kappa shape index (κ3) is 4.66. The van der Waals surface area contributed by atoms with Crippen molar-refractivity contribution in [1.82, 2.24) is 5.32 Å². The van der Waals surface area contributed by atoms with Crippen LogP contribution < -0.4 is 5.32 Å². The Bertz CT molecular complexity index is 333. The number of alkyl halides is 3. The molecule has 0 spiro atoms. The number of hydrogen-bond donors (Lipinski definition) is 1. The Morgan fingerprint density at radius 2 is 1.88 bits per heavy atom. The molecule has 0 radical (unpaired) electrons. The Kier molecular flexibility index (Phi) is 4.35. The van der Waals surface area contributed by atoms with E-state index in [9.17, 15) is 13.2 Å². The Hall–Kier alpha value is -1.03. The number of rotatable bonds is 4. The monoisotopic (exact) mass is 231 g/mol. The second-order valence-corrected chi connectivity index (χ2v) is 4.01. The standard InChI is InChI=1S/C12H16F3N/c1-9(16-2)6-10-4-3-5-11(7-10)8-12(13,14)15/h3-5,7,9,16H,6,8H2,1-2H3. The van der Waals surface area contributed by atoms with Gasteiger partial charge in [-0.25, -0.2) is 0 Å². The molecule has 0 saturated carbocycles. The van der Waals surface area contributed by atoms with Gasteiger partial charge >= 0.3 is 6.18 Å². The molecule has 1 nitrogen and oxygen atoms in total. The van der Waals surface area contributed by atoms with Gasteiger partial charge < -0.3 is 5.32 Å². The average molecular weight is 231 g/mol. The highest BCUT2D eigenvalue weighted by molar-refractivity contribution is 5.24. The van der Waals surface area contributed by atoms with Gasteiger partial charge in [0, 0.05) is 6.04 Å². The summed E-state index contributed by atoms with van der Waals surface area (Å²) in [6.07, 6.45) is -4.25. The van der Waals surface area contributed by atoms with Gasteiger partial charge in [0.05, 0.1) is 6.42 Å². The van der Waals surface area contributed by atoms with Crippen LogP contribution >= 0.6 is 0 Å². The van der Waals surface area contributed by atoms with Gasteiger partial charge in [0.25, 0.3) is 0 Å². The Balaban J connectivity index is 2.71. The van der Waals surface area contributed by atoms with Crippen LogP contribution in [0.1, 0.15) is 18.1 Å². The first-order chi connectivity index (χ1) is 7.40. The fourth-order valence-corrected chi connectivity index (χ4v) is 1.55. The summed E-state index contributed by atoms with van der Waals surface area (Å²) in [5, 5.41) is 3.06. The highest BCUT2D eigenvalue weighted by atomic mass is 19.4. The maximum Gasteiger partial charge on any atom is 0.393 e. The highest BCUT2D eigenvalue weighted by Gasteiger charge is 2.27. The fourth-order valence-electron chi connectivity index (χ4n) is 1.55. The first-order valence-corrected chi connectivity index (χ1v) is 5.22. The molecular formula is C12H16F3N. The zero-order valence-electron chi connectivity index (χ0n) is 9.43. The van der Waals surface area contributed by atoms with Crippen LogP contribution in [0.3, 0.4) is 0 Å². The topological polar surface area (TPSA) is 12.0 Å². The minimum Gasteiger partial charge on any atom is -0.317 e. The third-order valence-electron chi connectivity index (χ3n) is 2.43. The minimum atomic E-state index is -4.13. The van der Waals surface area contributed by atoms with Gasteiger partial charge in [-0.3, -0.25) is 0 Å². The largest absolute Gasteiger partial charge is 0.393 e. The Labute approximate surface area is 93.7 Å². The van der Waals surface area contributed by atoms with Gasteiger partial charge in [-0.1, -0.05) is 24.3 Å². The molecule has 1 atom stereocenters. The summed E-state index contributed by atoms with van der Waals surface area (Å²) in [5.74, 6) is 0. The number of likely N-dealkylation sites (N-methyl/N-ethyl adjacent to an activating group) is 1. The van der Waals surface area contributed by atoms with Crippen LogP contribution in [0, 0.1) is 0 Å². The molecule has 1 aromatic rings. The minimum absolute atomic E-state index is 0.265. The quantitative estimate of drug-likeness (QED) is 0.840. The molecule has 0 saturated heterocycles. The SMILES string of the molecule is CNC(C)Cc1cccc(CC(F)(F)F)c1. The van der Waals surface area contributed by atoms with E-state index in [-0.39, 0.29) is 6.04 Å². The van der Waals surface area contributed by atoms with Crippen LogP contribution in [0.5, 0.6) is 0 Å². The summed E-state index contributed by atoms with van der Waals surface area (Å²) in [6.45, 7) is 2.00. The van der Waals surface area contributed by atoms with Crippen molar-refractivity contribution in [3.63, 3.8) is 0 Å². The summed E-state index contributed by atoms with van der Waals surface area (Å²) in [6, 6.07) is 6.94. The van der Waals surface area contributed by atoms with Gasteiger partial charge in [0.15, 0.2) is 0 Å². The predicted molar refractivity (Wildman–Crippen MR) is 58.4 cm³/mol. The molecule has 0 amide bonds. The molecule has 16 heavy (non-hydrogen) atoms. The predicted octanol–water partition coefficient (Wildman–Crippen LogP) is 2.94. The van der Waals surface area contributed by atoms with E-state index in [0.29, 0.717) is 5.56 Å². The van der Waals surface area contributed by atoms with Crippen molar-refractivity contribution < 1.29 is 13.2 Å². The molecule has 1 rings (SSSR count). The van der Waals surface area contributed by atoms with Crippen LogP contribution in [0.25, 0.3) is 0 Å². The van der Waals surface area contributed by atoms with Crippen molar-refractivity contribution in [2.45, 2.75) is 32.0 Å². The van der Waals surface area contributed by atoms with Gasteiger partial charge in [-0.05, 0) is 31.5 Å². The average Bonchev–Trinajstić information content (AvgIpc) is 2.15. The molecule has 1 aromatic carbocycles. The van der Waals surface area contributed by atoms with Crippen LogP contribution in [0.2, 0.25) is 0 Å². The van der Waals surface area contributed by atoms with E-state index in [4.69, 9.17) is 0 Å². The van der Waals surface area contributed by atoms with Crippen molar-refractivity contribution in [3.05, 3.63) is 35.4 Å². The van der Waals surface area contributed by atoms with E-state index in [1.54, 1.807) is 12.1 Å². The molecule has 0 bridgehead atoms. The molecule has 0 heterocycles. The number of benzene rings is 1. The lowest BCUT2D eigenvalue weighted by Crippen LogP contribution is -2.23. The number of nitrogens with one attached hydrogen (secondary N) is 1. The molecule has 0 aliphatic rings. The molecule has 1 N–H and O–H groups in total. The molecule has 0 aliphatic heterocycles. The normalized spacial score (nSPS) is 13.8. The zero-order valence-corrected chi connectivity index (χ0v) is 9.43. The van der Waals surface area contributed by atoms with E-state index in [2.05, 4.69) is 5.32 Å². The van der Waals surface area contributed by atoms with E-state index < -0.39 is 12.6 Å². The zero-order chi connectivity index (χ0) is 12.2. The van der Waals surface area contributed by atoms with Gasteiger partial charge in [0.1, 0.15) is 0 Å². The molecule has 1 unspecified atom stereocenters. The maximum atomic E-state index is 12.2. The molecule has 4 heteroatoms. The van der Waals surface area contributed by atoms with Gasteiger partial charge in [-0.15, -0.1) is 0 Å². The van der Waals surface area contributed by atoms with E-state index in [1.165, 1.54) is 6.07 Å². The lowest BCUT2D eigenvalue weighted by molar-refractivity contribution is -0.127. The van der Waals surface area contributed by atoms with Crippen molar-refractivity contribution in [3.8, 4) is 0 Å². The number of halogens is 3. The summed E-state index contributed by atoms with van der Waals surface area (Å²) in [4.78, 5) is 0. The van der Waals surface area contributed by atoms with Crippen LogP contribution in [0.15, 0.2) is 24.3 Å². The number of hydrogen-bond acceptors (Lipinski definition) is 1. The van der Waals surface area contributed by atoms with Crippen molar-refractivity contribution in [2.24, 2.45) is 0 Å². The highest BCUT2D eigenvalue weighted by Crippen LogP contribution is 2.21. The van der Waals surface area contributed by atoms with Crippen LogP contribution in [-0.4, -0.2) is 19.3 Å². The molecular weight excluding hydrogens is 215 g/mol.